The predicted molar refractivity (Wildman–Crippen MR) is 75.2 cm³/mol. The first kappa shape index (κ1) is 13.4. The molecular weight excluding hydrogens is 206 g/mol. The second kappa shape index (κ2) is 7.41. The Morgan fingerprint density at radius 1 is 0.647 bits per heavy atom. The molecule has 2 aliphatic carbocycles. The lowest BCUT2D eigenvalue weighted by molar-refractivity contribution is 0.228. The molecule has 0 atom stereocenters. The van der Waals surface area contributed by atoms with Crippen molar-refractivity contribution >= 4 is 0 Å². The van der Waals surface area contributed by atoms with Gasteiger partial charge in [0.2, 0.25) is 0 Å². The minimum atomic E-state index is 0.825. The van der Waals surface area contributed by atoms with Gasteiger partial charge in [-0.2, -0.15) is 0 Å². The van der Waals surface area contributed by atoms with Crippen molar-refractivity contribution < 1.29 is 0 Å². The monoisotopic (exact) mass is 237 g/mol. The smallest absolute Gasteiger partial charge is 0.0121 e. The molecule has 0 aromatic carbocycles. The molecule has 0 bridgehead atoms. The summed E-state index contributed by atoms with van der Waals surface area (Å²) < 4.78 is 0. The highest BCUT2D eigenvalue weighted by Gasteiger charge is 2.28. The van der Waals surface area contributed by atoms with Gasteiger partial charge >= 0.3 is 0 Å². The summed E-state index contributed by atoms with van der Waals surface area (Å²) in [6.07, 6.45) is 17.8. The molecule has 1 N–H and O–H groups in total. The van der Waals surface area contributed by atoms with Gasteiger partial charge in [-0.15, -0.1) is 0 Å². The highest BCUT2D eigenvalue weighted by molar-refractivity contribution is 4.84. The maximum Gasteiger partial charge on any atom is 0.0121 e. The number of hydrogen-bond donors (Lipinski definition) is 1. The van der Waals surface area contributed by atoms with E-state index in [0.717, 1.165) is 17.9 Å². The molecule has 2 aliphatic rings. The topological polar surface area (TPSA) is 12.0 Å². The summed E-state index contributed by atoms with van der Waals surface area (Å²) in [4.78, 5) is 0. The third kappa shape index (κ3) is 3.98. The largest absolute Gasteiger partial charge is 0.316 e. The SMILES string of the molecule is CNC(C1CCCCCC1)C1CCCCCC1. The van der Waals surface area contributed by atoms with Crippen LogP contribution in [0.25, 0.3) is 0 Å². The fourth-order valence-corrected chi connectivity index (χ4v) is 4.20. The van der Waals surface area contributed by atoms with Gasteiger partial charge in [-0.25, -0.2) is 0 Å². The van der Waals surface area contributed by atoms with Gasteiger partial charge in [-0.05, 0) is 44.6 Å². The van der Waals surface area contributed by atoms with Crippen LogP contribution in [0.5, 0.6) is 0 Å². The Bertz CT molecular complexity index is 166. The summed E-state index contributed by atoms with van der Waals surface area (Å²) in [5.41, 5.74) is 0. The van der Waals surface area contributed by atoms with Crippen LogP contribution in [-0.4, -0.2) is 13.1 Å². The fraction of sp³-hybridized carbons (Fsp3) is 1.00. The van der Waals surface area contributed by atoms with Crippen molar-refractivity contribution in [1.82, 2.24) is 5.32 Å². The molecule has 1 nitrogen and oxygen atoms in total. The number of nitrogens with one attached hydrogen (secondary N) is 1. The van der Waals surface area contributed by atoms with Crippen LogP contribution in [0.3, 0.4) is 0 Å². The molecule has 0 radical (unpaired) electrons. The first-order valence-electron chi connectivity index (χ1n) is 8.09. The fourth-order valence-electron chi connectivity index (χ4n) is 4.20. The summed E-state index contributed by atoms with van der Waals surface area (Å²) in [7, 11) is 2.21. The first-order chi connectivity index (χ1) is 8.42. The van der Waals surface area contributed by atoms with E-state index in [-0.39, 0.29) is 0 Å². The van der Waals surface area contributed by atoms with Gasteiger partial charge in [-0.3, -0.25) is 0 Å². The molecule has 0 aromatic heterocycles. The zero-order valence-electron chi connectivity index (χ0n) is 11.7. The van der Waals surface area contributed by atoms with E-state index in [4.69, 9.17) is 0 Å². The molecule has 0 heterocycles. The van der Waals surface area contributed by atoms with Crippen molar-refractivity contribution in [2.45, 2.75) is 83.1 Å². The van der Waals surface area contributed by atoms with Crippen LogP contribution >= 0.6 is 0 Å². The Balaban J connectivity index is 1.92. The average molecular weight is 237 g/mol. The number of hydrogen-bond acceptors (Lipinski definition) is 1. The molecule has 0 saturated heterocycles. The second-order valence-electron chi connectivity index (χ2n) is 6.32. The van der Waals surface area contributed by atoms with E-state index in [0.29, 0.717) is 0 Å². The van der Waals surface area contributed by atoms with E-state index in [2.05, 4.69) is 12.4 Å². The zero-order valence-corrected chi connectivity index (χ0v) is 11.7. The molecule has 17 heavy (non-hydrogen) atoms. The van der Waals surface area contributed by atoms with Crippen LogP contribution in [0.2, 0.25) is 0 Å². The van der Waals surface area contributed by atoms with Gasteiger partial charge < -0.3 is 5.32 Å². The molecular formula is C16H31N. The Hall–Kier alpha value is -0.0400. The van der Waals surface area contributed by atoms with Gasteiger partial charge in [0.05, 0.1) is 0 Å². The molecule has 0 unspecified atom stereocenters. The summed E-state index contributed by atoms with van der Waals surface area (Å²) >= 11 is 0. The molecule has 1 heteroatoms. The van der Waals surface area contributed by atoms with E-state index in [9.17, 15) is 0 Å². The van der Waals surface area contributed by atoms with Crippen molar-refractivity contribution in [3.05, 3.63) is 0 Å². The minimum absolute atomic E-state index is 0.825. The lowest BCUT2D eigenvalue weighted by atomic mass is 9.80. The zero-order chi connectivity index (χ0) is 11.9. The molecule has 100 valence electrons. The molecule has 2 rings (SSSR count). The summed E-state index contributed by atoms with van der Waals surface area (Å²) in [5.74, 6) is 1.95. The van der Waals surface area contributed by atoms with Crippen LogP contribution < -0.4 is 5.32 Å². The second-order valence-corrected chi connectivity index (χ2v) is 6.32. The third-order valence-corrected chi connectivity index (χ3v) is 5.15. The van der Waals surface area contributed by atoms with Crippen molar-refractivity contribution in [3.8, 4) is 0 Å². The molecule has 2 fully saturated rings. The van der Waals surface area contributed by atoms with Crippen LogP contribution in [0, 0.1) is 11.8 Å². The van der Waals surface area contributed by atoms with Gasteiger partial charge in [-0.1, -0.05) is 51.4 Å². The van der Waals surface area contributed by atoms with Gasteiger partial charge in [0.15, 0.2) is 0 Å². The maximum absolute atomic E-state index is 3.70. The van der Waals surface area contributed by atoms with E-state index < -0.39 is 0 Å². The molecule has 0 spiro atoms. The Labute approximate surface area is 108 Å². The van der Waals surface area contributed by atoms with E-state index in [1.807, 2.05) is 0 Å². The minimum Gasteiger partial charge on any atom is -0.316 e. The quantitative estimate of drug-likeness (QED) is 0.712. The number of rotatable bonds is 3. The normalized spacial score (nSPS) is 25.8. The maximum atomic E-state index is 3.70. The van der Waals surface area contributed by atoms with Crippen LogP contribution in [0.15, 0.2) is 0 Å². The first-order valence-corrected chi connectivity index (χ1v) is 8.09. The van der Waals surface area contributed by atoms with Crippen molar-refractivity contribution in [2.75, 3.05) is 7.05 Å². The predicted octanol–water partition coefficient (Wildman–Crippen LogP) is 4.52. The summed E-state index contributed by atoms with van der Waals surface area (Å²) in [6.45, 7) is 0. The van der Waals surface area contributed by atoms with Crippen LogP contribution in [0.4, 0.5) is 0 Å². The average Bonchev–Trinajstić information content (AvgIpc) is 2.75. The van der Waals surface area contributed by atoms with Crippen molar-refractivity contribution in [2.24, 2.45) is 11.8 Å². The van der Waals surface area contributed by atoms with Crippen LogP contribution in [0.1, 0.15) is 77.0 Å². The van der Waals surface area contributed by atoms with E-state index in [1.165, 1.54) is 77.0 Å². The van der Waals surface area contributed by atoms with Crippen molar-refractivity contribution in [1.29, 1.82) is 0 Å². The highest BCUT2D eigenvalue weighted by Crippen LogP contribution is 2.34. The lowest BCUT2D eigenvalue weighted by Crippen LogP contribution is -2.40. The molecule has 0 aliphatic heterocycles. The Kier molecular flexibility index (Phi) is 5.84. The summed E-state index contributed by atoms with van der Waals surface area (Å²) in [6, 6.07) is 0.825. The van der Waals surface area contributed by atoms with Gasteiger partial charge in [0.1, 0.15) is 0 Å². The molecule has 0 aromatic rings. The van der Waals surface area contributed by atoms with Gasteiger partial charge in [0, 0.05) is 6.04 Å². The third-order valence-electron chi connectivity index (χ3n) is 5.15. The Morgan fingerprint density at radius 2 is 1.00 bits per heavy atom. The lowest BCUT2D eigenvalue weighted by Gasteiger charge is -2.33. The standard InChI is InChI=1S/C16H31N/c1-17-16(14-10-6-2-3-7-11-14)15-12-8-4-5-9-13-15/h14-17H,2-13H2,1H3. The summed E-state index contributed by atoms with van der Waals surface area (Å²) in [5, 5.41) is 3.70. The van der Waals surface area contributed by atoms with E-state index >= 15 is 0 Å². The Morgan fingerprint density at radius 3 is 1.29 bits per heavy atom. The molecule has 2 saturated carbocycles. The van der Waals surface area contributed by atoms with Gasteiger partial charge in [0.25, 0.3) is 0 Å². The van der Waals surface area contributed by atoms with Crippen LogP contribution in [-0.2, 0) is 0 Å². The molecule has 0 amide bonds. The highest BCUT2D eigenvalue weighted by atomic mass is 14.9. The van der Waals surface area contributed by atoms with E-state index in [1.54, 1.807) is 0 Å². The van der Waals surface area contributed by atoms with Crippen molar-refractivity contribution in [3.63, 3.8) is 0 Å².